The Bertz CT molecular complexity index is 680. The third-order valence-corrected chi connectivity index (χ3v) is 3.96. The molecule has 1 unspecified atom stereocenters. The van der Waals surface area contributed by atoms with Crippen molar-refractivity contribution in [3.63, 3.8) is 0 Å². The van der Waals surface area contributed by atoms with Gasteiger partial charge in [-0.25, -0.2) is 4.39 Å². The summed E-state index contributed by atoms with van der Waals surface area (Å²) in [4.78, 5) is 16.3. The second-order valence-corrected chi connectivity index (χ2v) is 5.32. The fraction of sp³-hybridized carbons (Fsp3) is 0.312. The molecule has 1 aromatic carbocycles. The van der Waals surface area contributed by atoms with Gasteiger partial charge in [-0.2, -0.15) is 0 Å². The lowest BCUT2D eigenvalue weighted by molar-refractivity contribution is 0.233. The topological polar surface area (TPSA) is 36.1 Å². The number of aromatic amines is 1. The molecule has 1 N–H and O–H groups in total. The van der Waals surface area contributed by atoms with Gasteiger partial charge in [0, 0.05) is 24.3 Å². The number of hydrogen-bond acceptors (Lipinski definition) is 2. The zero-order chi connectivity index (χ0) is 14.1. The molecule has 1 aliphatic rings. The Kier molecular flexibility index (Phi) is 3.40. The predicted octanol–water partition coefficient (Wildman–Crippen LogP) is 2.63. The van der Waals surface area contributed by atoms with Gasteiger partial charge in [-0.1, -0.05) is 18.2 Å². The van der Waals surface area contributed by atoms with Crippen LogP contribution in [0.25, 0.3) is 0 Å². The number of aromatic nitrogens is 1. The minimum atomic E-state index is -0.105. The number of nitrogens with one attached hydrogen (secondary N) is 1. The van der Waals surface area contributed by atoms with Crippen molar-refractivity contribution in [1.82, 2.24) is 9.88 Å². The van der Waals surface area contributed by atoms with E-state index in [1.54, 1.807) is 12.1 Å². The molecule has 1 aromatic heterocycles. The number of pyridine rings is 1. The third-order valence-electron chi connectivity index (χ3n) is 3.96. The smallest absolute Gasteiger partial charge is 0.248 e. The molecular formula is C16H17FN2O. The number of benzene rings is 1. The first-order valence-electron chi connectivity index (χ1n) is 6.81. The number of fused-ring (bicyclic) bond motifs is 1. The van der Waals surface area contributed by atoms with E-state index in [0.29, 0.717) is 6.54 Å². The lowest BCUT2D eigenvalue weighted by atomic mass is 10.1. The zero-order valence-corrected chi connectivity index (χ0v) is 11.4. The van der Waals surface area contributed by atoms with E-state index in [1.807, 2.05) is 19.2 Å². The first kappa shape index (κ1) is 13.1. The van der Waals surface area contributed by atoms with Crippen LogP contribution in [0, 0.1) is 5.82 Å². The van der Waals surface area contributed by atoms with Crippen LogP contribution in [0.1, 0.15) is 29.3 Å². The maximum Gasteiger partial charge on any atom is 0.248 e. The zero-order valence-electron chi connectivity index (χ0n) is 11.4. The van der Waals surface area contributed by atoms with Crippen LogP contribution < -0.4 is 5.56 Å². The highest BCUT2D eigenvalue weighted by atomic mass is 19.1. The summed E-state index contributed by atoms with van der Waals surface area (Å²) in [7, 11) is 2.01. The van der Waals surface area contributed by atoms with Gasteiger partial charge in [-0.3, -0.25) is 9.69 Å². The number of hydrogen-bond donors (Lipinski definition) is 1. The van der Waals surface area contributed by atoms with Gasteiger partial charge >= 0.3 is 0 Å². The summed E-state index contributed by atoms with van der Waals surface area (Å²) >= 11 is 0. The molecule has 1 atom stereocenters. The molecule has 4 heteroatoms. The van der Waals surface area contributed by atoms with E-state index in [2.05, 4.69) is 9.88 Å². The van der Waals surface area contributed by atoms with E-state index < -0.39 is 0 Å². The van der Waals surface area contributed by atoms with Crippen LogP contribution in [-0.4, -0.2) is 16.9 Å². The highest BCUT2D eigenvalue weighted by Gasteiger charge is 2.27. The molecule has 0 amide bonds. The summed E-state index contributed by atoms with van der Waals surface area (Å²) in [6, 6.07) is 10.7. The summed E-state index contributed by atoms with van der Waals surface area (Å²) in [6.45, 7) is 0.650. The van der Waals surface area contributed by atoms with Gasteiger partial charge in [0.25, 0.3) is 0 Å². The standard InChI is InChI=1S/C16H17FN2O/c1-19(10-11-4-2-7-16(20)18-11)15-9-8-12-13(15)5-3-6-14(12)17/h2-7,15H,8-10H2,1H3,(H,18,20). The van der Waals surface area contributed by atoms with Crippen molar-refractivity contribution in [3.8, 4) is 0 Å². The van der Waals surface area contributed by atoms with Crippen LogP contribution >= 0.6 is 0 Å². The number of nitrogens with zero attached hydrogens (tertiary/aromatic N) is 1. The first-order chi connectivity index (χ1) is 9.65. The summed E-state index contributed by atoms with van der Waals surface area (Å²) in [5, 5.41) is 0. The van der Waals surface area contributed by atoms with Gasteiger partial charge in [-0.15, -0.1) is 0 Å². The monoisotopic (exact) mass is 272 g/mol. The summed E-state index contributed by atoms with van der Waals surface area (Å²) in [5.41, 5.74) is 2.70. The largest absolute Gasteiger partial charge is 0.325 e. The molecule has 104 valence electrons. The molecule has 3 rings (SSSR count). The van der Waals surface area contributed by atoms with Crippen molar-refractivity contribution in [2.24, 2.45) is 0 Å². The molecule has 2 aromatic rings. The van der Waals surface area contributed by atoms with Crippen LogP contribution in [0.3, 0.4) is 0 Å². The van der Waals surface area contributed by atoms with E-state index >= 15 is 0 Å². The lowest BCUT2D eigenvalue weighted by Gasteiger charge is -2.25. The summed E-state index contributed by atoms with van der Waals surface area (Å²) in [6.07, 6.45) is 1.70. The van der Waals surface area contributed by atoms with Crippen LogP contribution in [0.4, 0.5) is 4.39 Å². The summed E-state index contributed by atoms with van der Waals surface area (Å²) in [5.74, 6) is -0.105. The Labute approximate surface area is 117 Å². The van der Waals surface area contributed by atoms with E-state index in [9.17, 15) is 9.18 Å². The van der Waals surface area contributed by atoms with Crippen LogP contribution in [-0.2, 0) is 13.0 Å². The van der Waals surface area contributed by atoms with Gasteiger partial charge in [0.2, 0.25) is 5.56 Å². The van der Waals surface area contributed by atoms with Crippen LogP contribution in [0.2, 0.25) is 0 Å². The summed E-state index contributed by atoms with van der Waals surface area (Å²) < 4.78 is 13.7. The van der Waals surface area contributed by atoms with Gasteiger partial charge < -0.3 is 4.98 Å². The lowest BCUT2D eigenvalue weighted by Crippen LogP contribution is -2.24. The van der Waals surface area contributed by atoms with Crippen LogP contribution in [0.15, 0.2) is 41.2 Å². The van der Waals surface area contributed by atoms with Gasteiger partial charge in [0.1, 0.15) is 5.82 Å². The maximum atomic E-state index is 13.7. The Balaban J connectivity index is 1.82. The SMILES string of the molecule is CN(Cc1cccc(=O)[nH]1)C1CCc2c(F)cccc21. The average Bonchev–Trinajstić information content (AvgIpc) is 2.84. The second kappa shape index (κ2) is 5.21. The van der Waals surface area contributed by atoms with Gasteiger partial charge in [-0.05, 0) is 43.1 Å². The number of rotatable bonds is 3. The van der Waals surface area contributed by atoms with Crippen molar-refractivity contribution in [1.29, 1.82) is 0 Å². The minimum absolute atomic E-state index is 0.0891. The van der Waals surface area contributed by atoms with Gasteiger partial charge in [0.15, 0.2) is 0 Å². The molecule has 0 bridgehead atoms. The molecule has 0 aliphatic heterocycles. The molecule has 20 heavy (non-hydrogen) atoms. The Hall–Kier alpha value is -1.94. The molecule has 0 spiro atoms. The first-order valence-corrected chi connectivity index (χ1v) is 6.81. The molecular weight excluding hydrogens is 255 g/mol. The number of halogens is 1. The molecule has 0 radical (unpaired) electrons. The normalized spacial score (nSPS) is 17.4. The third kappa shape index (κ3) is 2.39. The molecule has 1 aliphatic carbocycles. The molecule has 1 heterocycles. The molecule has 0 saturated heterocycles. The molecule has 0 saturated carbocycles. The van der Waals surface area contributed by atoms with Crippen molar-refractivity contribution < 1.29 is 4.39 Å². The van der Waals surface area contributed by atoms with E-state index in [0.717, 1.165) is 29.7 Å². The fourth-order valence-corrected chi connectivity index (χ4v) is 3.01. The van der Waals surface area contributed by atoms with E-state index in [1.165, 1.54) is 12.1 Å². The quantitative estimate of drug-likeness (QED) is 0.932. The van der Waals surface area contributed by atoms with Gasteiger partial charge in [0.05, 0.1) is 0 Å². The predicted molar refractivity (Wildman–Crippen MR) is 76.0 cm³/mol. The Morgan fingerprint density at radius 2 is 2.10 bits per heavy atom. The second-order valence-electron chi connectivity index (χ2n) is 5.32. The minimum Gasteiger partial charge on any atom is -0.325 e. The average molecular weight is 272 g/mol. The molecule has 3 nitrogen and oxygen atoms in total. The fourth-order valence-electron chi connectivity index (χ4n) is 3.01. The van der Waals surface area contributed by atoms with Crippen molar-refractivity contribution in [2.75, 3.05) is 7.05 Å². The highest BCUT2D eigenvalue weighted by molar-refractivity contribution is 5.35. The van der Waals surface area contributed by atoms with Crippen molar-refractivity contribution >= 4 is 0 Å². The van der Waals surface area contributed by atoms with Crippen molar-refractivity contribution in [3.05, 3.63) is 69.4 Å². The Morgan fingerprint density at radius 1 is 1.30 bits per heavy atom. The van der Waals surface area contributed by atoms with Crippen molar-refractivity contribution in [2.45, 2.75) is 25.4 Å². The van der Waals surface area contributed by atoms with E-state index in [-0.39, 0.29) is 17.4 Å². The molecule has 0 fully saturated rings. The Morgan fingerprint density at radius 3 is 2.90 bits per heavy atom. The number of H-pyrrole nitrogens is 1. The van der Waals surface area contributed by atoms with Crippen LogP contribution in [0.5, 0.6) is 0 Å². The van der Waals surface area contributed by atoms with E-state index in [4.69, 9.17) is 0 Å². The maximum absolute atomic E-state index is 13.7. The highest BCUT2D eigenvalue weighted by Crippen LogP contribution is 2.36.